The van der Waals surface area contributed by atoms with E-state index in [2.05, 4.69) is 10.6 Å². The molecule has 2 atom stereocenters. The third-order valence-corrected chi connectivity index (χ3v) is 7.26. The van der Waals surface area contributed by atoms with Crippen LogP contribution in [-0.4, -0.2) is 53.8 Å². The van der Waals surface area contributed by atoms with Crippen LogP contribution in [0.5, 0.6) is 11.5 Å². The zero-order valence-electron chi connectivity index (χ0n) is 22.5. The Morgan fingerprint density at radius 1 is 0.902 bits per heavy atom. The van der Waals surface area contributed by atoms with Crippen molar-refractivity contribution < 1.29 is 28.7 Å². The molecule has 0 radical (unpaired) electrons. The summed E-state index contributed by atoms with van der Waals surface area (Å²) in [6.45, 7) is 0.507. The van der Waals surface area contributed by atoms with Crippen molar-refractivity contribution in [1.29, 1.82) is 0 Å². The molecule has 0 bridgehead atoms. The molecule has 0 spiro atoms. The first kappa shape index (κ1) is 27.9. The van der Waals surface area contributed by atoms with Crippen LogP contribution >= 0.6 is 0 Å². The molecule has 41 heavy (non-hydrogen) atoms. The number of ether oxygens (including phenoxy) is 2. The quantitative estimate of drug-likeness (QED) is 0.326. The minimum atomic E-state index is -0.924. The molecule has 0 unspecified atom stereocenters. The molecule has 0 aromatic heterocycles. The molecule has 5 rings (SSSR count). The van der Waals surface area contributed by atoms with Gasteiger partial charge in [-0.2, -0.15) is 0 Å². The maximum atomic E-state index is 13.6. The summed E-state index contributed by atoms with van der Waals surface area (Å²) in [5.41, 5.74) is 8.70. The lowest BCUT2D eigenvalue weighted by atomic mass is 9.92. The van der Waals surface area contributed by atoms with Crippen LogP contribution < -0.4 is 25.8 Å². The van der Waals surface area contributed by atoms with Crippen molar-refractivity contribution in [2.45, 2.75) is 44.3 Å². The number of benzene rings is 3. The van der Waals surface area contributed by atoms with E-state index in [1.54, 1.807) is 42.5 Å². The Morgan fingerprint density at radius 2 is 1.63 bits per heavy atom. The van der Waals surface area contributed by atoms with Gasteiger partial charge in [-0.05, 0) is 36.2 Å². The molecule has 3 amide bonds. The van der Waals surface area contributed by atoms with Gasteiger partial charge in [-0.15, -0.1) is 0 Å². The molecular formula is C31H32N4O6. The number of carbonyl (C=O) groups excluding carboxylic acids is 4. The van der Waals surface area contributed by atoms with Crippen molar-refractivity contribution in [3.05, 3.63) is 89.5 Å². The number of ketones is 1. The molecule has 4 N–H and O–H groups in total. The summed E-state index contributed by atoms with van der Waals surface area (Å²) in [5.74, 6) is -0.234. The van der Waals surface area contributed by atoms with Gasteiger partial charge in [0.05, 0.1) is 0 Å². The first-order valence-corrected chi connectivity index (χ1v) is 13.6. The molecule has 2 heterocycles. The Labute approximate surface area is 237 Å². The van der Waals surface area contributed by atoms with Gasteiger partial charge in [0.25, 0.3) is 0 Å². The standard InChI is InChI=1S/C31H32N4O6/c32-15-14-24(30(38)33-23-10-12-27-28(17-23)41-19-40-27)34-31(39)25-16-21-8-4-5-9-22(21)18-35(25)29(37)13-11-26(36)20-6-2-1-3-7-20/h1-10,12,17,24-25H,11,13-16,18-19,32H2,(H,33,38)(H,34,39)/t24-,25-/m0/s1. The minimum absolute atomic E-state index is 0.0308. The van der Waals surface area contributed by atoms with E-state index < -0.39 is 23.9 Å². The number of rotatable bonds is 10. The molecule has 10 heteroatoms. The van der Waals surface area contributed by atoms with Gasteiger partial charge in [-0.25, -0.2) is 0 Å². The first-order chi connectivity index (χ1) is 19.9. The summed E-state index contributed by atoms with van der Waals surface area (Å²) >= 11 is 0. The van der Waals surface area contributed by atoms with E-state index in [9.17, 15) is 19.2 Å². The Bertz CT molecular complexity index is 1440. The highest BCUT2D eigenvalue weighted by Crippen LogP contribution is 2.34. The molecule has 212 valence electrons. The van der Waals surface area contributed by atoms with Crippen LogP contribution in [0.15, 0.2) is 72.8 Å². The van der Waals surface area contributed by atoms with Gasteiger partial charge in [0, 0.05) is 43.1 Å². The van der Waals surface area contributed by atoms with Crippen LogP contribution in [0.1, 0.15) is 40.7 Å². The smallest absolute Gasteiger partial charge is 0.247 e. The van der Waals surface area contributed by atoms with Gasteiger partial charge in [-0.3, -0.25) is 19.2 Å². The Morgan fingerprint density at radius 3 is 2.41 bits per heavy atom. The average molecular weight is 557 g/mol. The fourth-order valence-electron chi connectivity index (χ4n) is 5.06. The highest BCUT2D eigenvalue weighted by atomic mass is 16.7. The number of nitrogens with zero attached hydrogens (tertiary/aromatic N) is 1. The second kappa shape index (κ2) is 12.6. The number of amides is 3. The van der Waals surface area contributed by atoms with Crippen LogP contribution in [0.3, 0.4) is 0 Å². The lowest BCUT2D eigenvalue weighted by Gasteiger charge is -2.36. The third kappa shape index (κ3) is 6.55. The Hall–Kier alpha value is -4.70. The first-order valence-electron chi connectivity index (χ1n) is 13.6. The monoisotopic (exact) mass is 556 g/mol. The number of carbonyl (C=O) groups is 4. The number of nitrogens with two attached hydrogens (primary N) is 1. The van der Waals surface area contributed by atoms with Crippen molar-refractivity contribution >= 4 is 29.2 Å². The summed E-state index contributed by atoms with van der Waals surface area (Å²) in [6, 6.07) is 19.7. The summed E-state index contributed by atoms with van der Waals surface area (Å²) in [5, 5.41) is 5.62. The number of nitrogens with one attached hydrogen (secondary N) is 2. The van der Waals surface area contributed by atoms with E-state index >= 15 is 0 Å². The summed E-state index contributed by atoms with van der Waals surface area (Å²) < 4.78 is 10.7. The van der Waals surface area contributed by atoms with Crippen LogP contribution in [-0.2, 0) is 27.3 Å². The molecule has 2 aliphatic rings. The number of Topliss-reactive ketones (excluding diaryl/α,β-unsaturated/α-hetero) is 1. The molecule has 0 saturated carbocycles. The SMILES string of the molecule is NCC[C@H](NC(=O)[C@@H]1Cc2ccccc2CN1C(=O)CCC(=O)c1ccccc1)C(=O)Nc1ccc2c(c1)OCO2. The number of fused-ring (bicyclic) bond motifs is 2. The number of hydrogen-bond acceptors (Lipinski definition) is 7. The highest BCUT2D eigenvalue weighted by Gasteiger charge is 2.36. The van der Waals surface area contributed by atoms with E-state index in [1.165, 1.54) is 4.90 Å². The van der Waals surface area contributed by atoms with Gasteiger partial charge in [0.2, 0.25) is 24.5 Å². The van der Waals surface area contributed by atoms with E-state index in [-0.39, 0.29) is 50.8 Å². The van der Waals surface area contributed by atoms with Crippen LogP contribution in [0.4, 0.5) is 5.69 Å². The lowest BCUT2D eigenvalue weighted by molar-refractivity contribution is -0.142. The molecule has 3 aromatic rings. The largest absolute Gasteiger partial charge is 0.454 e. The second-order valence-electron chi connectivity index (χ2n) is 10.00. The van der Waals surface area contributed by atoms with Crippen molar-refractivity contribution in [3.8, 4) is 11.5 Å². The summed E-state index contributed by atoms with van der Waals surface area (Å²) in [6.07, 6.45) is 0.490. The van der Waals surface area contributed by atoms with E-state index in [1.807, 2.05) is 30.3 Å². The second-order valence-corrected chi connectivity index (χ2v) is 10.00. The molecule has 0 aliphatic carbocycles. The van der Waals surface area contributed by atoms with Gasteiger partial charge >= 0.3 is 0 Å². The van der Waals surface area contributed by atoms with E-state index in [0.29, 0.717) is 29.2 Å². The minimum Gasteiger partial charge on any atom is -0.454 e. The van der Waals surface area contributed by atoms with Crippen LogP contribution in [0, 0.1) is 0 Å². The Balaban J connectivity index is 1.29. The maximum Gasteiger partial charge on any atom is 0.247 e. The fraction of sp³-hybridized carbons (Fsp3) is 0.290. The molecule has 0 saturated heterocycles. The summed E-state index contributed by atoms with van der Waals surface area (Å²) in [7, 11) is 0. The normalized spacial score (nSPS) is 15.9. The topological polar surface area (TPSA) is 140 Å². The predicted molar refractivity (Wildman–Crippen MR) is 151 cm³/mol. The maximum absolute atomic E-state index is 13.6. The zero-order valence-corrected chi connectivity index (χ0v) is 22.5. The molecule has 0 fully saturated rings. The summed E-state index contributed by atoms with van der Waals surface area (Å²) in [4.78, 5) is 54.4. The third-order valence-electron chi connectivity index (χ3n) is 7.26. The molecule has 2 aliphatic heterocycles. The van der Waals surface area contributed by atoms with E-state index in [4.69, 9.17) is 15.2 Å². The van der Waals surface area contributed by atoms with Gasteiger partial charge in [0.15, 0.2) is 17.3 Å². The highest BCUT2D eigenvalue weighted by molar-refractivity contribution is 6.00. The van der Waals surface area contributed by atoms with E-state index in [0.717, 1.165) is 11.1 Å². The van der Waals surface area contributed by atoms with Crippen LogP contribution in [0.25, 0.3) is 0 Å². The van der Waals surface area contributed by atoms with Crippen molar-refractivity contribution in [2.75, 3.05) is 18.7 Å². The van der Waals surface area contributed by atoms with Gasteiger partial charge in [0.1, 0.15) is 12.1 Å². The molecular weight excluding hydrogens is 524 g/mol. The fourth-order valence-corrected chi connectivity index (χ4v) is 5.06. The van der Waals surface area contributed by atoms with Crippen LogP contribution in [0.2, 0.25) is 0 Å². The molecule has 3 aromatic carbocycles. The zero-order chi connectivity index (χ0) is 28.8. The number of anilines is 1. The van der Waals surface area contributed by atoms with Crippen molar-refractivity contribution in [2.24, 2.45) is 5.73 Å². The number of hydrogen-bond donors (Lipinski definition) is 3. The van der Waals surface area contributed by atoms with Crippen molar-refractivity contribution in [3.63, 3.8) is 0 Å². The Kier molecular flexibility index (Phi) is 8.59. The van der Waals surface area contributed by atoms with Crippen molar-refractivity contribution in [1.82, 2.24) is 10.2 Å². The molecule has 10 nitrogen and oxygen atoms in total. The predicted octanol–water partition coefficient (Wildman–Crippen LogP) is 2.80. The van der Waals surface area contributed by atoms with Gasteiger partial charge < -0.3 is 30.7 Å². The lowest BCUT2D eigenvalue weighted by Crippen LogP contribution is -2.56. The average Bonchev–Trinajstić information content (AvgIpc) is 3.47. The van der Waals surface area contributed by atoms with Gasteiger partial charge in [-0.1, -0.05) is 54.6 Å².